The van der Waals surface area contributed by atoms with Crippen LogP contribution < -0.4 is 10.5 Å². The van der Waals surface area contributed by atoms with Crippen molar-refractivity contribution in [2.45, 2.75) is 25.9 Å². The average molecular weight is 244 g/mol. The number of hydrogen-bond acceptors (Lipinski definition) is 3. The number of benzene rings is 1. The molecular formula is C12H18ClNO2. The summed E-state index contributed by atoms with van der Waals surface area (Å²) < 4.78 is 5.50. The number of halogens is 1. The summed E-state index contributed by atoms with van der Waals surface area (Å²) in [7, 11) is 0. The minimum absolute atomic E-state index is 0.395. The topological polar surface area (TPSA) is 55.5 Å². The van der Waals surface area contributed by atoms with Crippen LogP contribution in [-0.2, 0) is 0 Å². The van der Waals surface area contributed by atoms with Gasteiger partial charge in [-0.05, 0) is 37.6 Å². The van der Waals surface area contributed by atoms with Crippen LogP contribution in [0.3, 0.4) is 0 Å². The van der Waals surface area contributed by atoms with Crippen LogP contribution in [0.5, 0.6) is 5.75 Å². The molecule has 0 aromatic heterocycles. The molecule has 0 amide bonds. The summed E-state index contributed by atoms with van der Waals surface area (Å²) in [6.07, 6.45) is 0.778. The molecular weight excluding hydrogens is 226 g/mol. The summed E-state index contributed by atoms with van der Waals surface area (Å²) in [6, 6.07) is 5.62. The Morgan fingerprint density at radius 3 is 2.88 bits per heavy atom. The van der Waals surface area contributed by atoms with Crippen molar-refractivity contribution in [1.82, 2.24) is 0 Å². The molecule has 16 heavy (non-hydrogen) atoms. The lowest BCUT2D eigenvalue weighted by Crippen LogP contribution is -2.16. The normalized spacial score (nSPS) is 12.5. The highest BCUT2D eigenvalue weighted by atomic mass is 35.5. The standard InChI is InChI=1S/C12H18ClNO2/c1-9-2-3-11(13)12(8-9)16-7-5-10(15)4-6-14/h2-3,8,10,15H,4-7,14H2,1H3. The van der Waals surface area contributed by atoms with Crippen molar-refractivity contribution in [2.24, 2.45) is 5.73 Å². The van der Waals surface area contributed by atoms with E-state index in [4.69, 9.17) is 22.1 Å². The van der Waals surface area contributed by atoms with Gasteiger partial charge in [0.05, 0.1) is 17.7 Å². The molecule has 0 saturated heterocycles. The van der Waals surface area contributed by atoms with E-state index in [9.17, 15) is 5.11 Å². The van der Waals surface area contributed by atoms with Crippen molar-refractivity contribution in [3.05, 3.63) is 28.8 Å². The van der Waals surface area contributed by atoms with Crippen LogP contribution >= 0.6 is 11.6 Å². The van der Waals surface area contributed by atoms with Crippen molar-refractivity contribution in [3.8, 4) is 5.75 Å². The molecule has 90 valence electrons. The van der Waals surface area contributed by atoms with Crippen LogP contribution in [0.25, 0.3) is 0 Å². The van der Waals surface area contributed by atoms with Gasteiger partial charge in [-0.1, -0.05) is 17.7 Å². The van der Waals surface area contributed by atoms with Gasteiger partial charge in [-0.2, -0.15) is 0 Å². The van der Waals surface area contributed by atoms with Crippen LogP contribution in [0.1, 0.15) is 18.4 Å². The Hall–Kier alpha value is -0.770. The zero-order chi connectivity index (χ0) is 12.0. The fourth-order valence-corrected chi connectivity index (χ4v) is 1.53. The Bertz CT molecular complexity index is 331. The second-order valence-corrected chi connectivity index (χ2v) is 4.21. The van der Waals surface area contributed by atoms with Crippen molar-refractivity contribution < 1.29 is 9.84 Å². The molecule has 0 saturated carbocycles. The first-order chi connectivity index (χ1) is 7.63. The summed E-state index contributed by atoms with van der Waals surface area (Å²) in [5, 5.41) is 10.1. The number of aliphatic hydroxyl groups excluding tert-OH is 1. The van der Waals surface area contributed by atoms with Gasteiger partial charge < -0.3 is 15.6 Å². The van der Waals surface area contributed by atoms with Gasteiger partial charge in [-0.25, -0.2) is 0 Å². The predicted molar refractivity (Wildman–Crippen MR) is 66.0 cm³/mol. The minimum Gasteiger partial charge on any atom is -0.492 e. The van der Waals surface area contributed by atoms with E-state index < -0.39 is 6.10 Å². The molecule has 0 fully saturated rings. The highest BCUT2D eigenvalue weighted by Gasteiger charge is 2.05. The van der Waals surface area contributed by atoms with Crippen molar-refractivity contribution >= 4 is 11.6 Å². The van der Waals surface area contributed by atoms with Gasteiger partial charge in [0.25, 0.3) is 0 Å². The summed E-state index contributed by atoms with van der Waals surface area (Å²) in [6.45, 7) is 2.92. The molecule has 0 spiro atoms. The van der Waals surface area contributed by atoms with Crippen LogP contribution in [-0.4, -0.2) is 24.4 Å². The maximum absolute atomic E-state index is 9.46. The van der Waals surface area contributed by atoms with E-state index in [2.05, 4.69) is 0 Å². The van der Waals surface area contributed by atoms with Gasteiger partial charge in [0.2, 0.25) is 0 Å². The minimum atomic E-state index is -0.395. The van der Waals surface area contributed by atoms with E-state index >= 15 is 0 Å². The third-order valence-electron chi connectivity index (χ3n) is 2.30. The van der Waals surface area contributed by atoms with Crippen molar-refractivity contribution in [1.29, 1.82) is 0 Å². The summed E-state index contributed by atoms with van der Waals surface area (Å²) >= 11 is 5.97. The first-order valence-electron chi connectivity index (χ1n) is 5.40. The molecule has 1 rings (SSSR count). The van der Waals surface area contributed by atoms with Gasteiger partial charge >= 0.3 is 0 Å². The monoisotopic (exact) mass is 243 g/mol. The Kier molecular flexibility index (Phi) is 5.60. The molecule has 1 unspecified atom stereocenters. The van der Waals surface area contributed by atoms with Crippen LogP contribution in [0.2, 0.25) is 5.02 Å². The Labute approximate surface area is 101 Å². The maximum atomic E-state index is 9.46. The number of ether oxygens (including phenoxy) is 1. The lowest BCUT2D eigenvalue weighted by Gasteiger charge is -2.11. The third-order valence-corrected chi connectivity index (χ3v) is 2.61. The van der Waals surface area contributed by atoms with E-state index in [1.54, 1.807) is 0 Å². The van der Waals surface area contributed by atoms with Crippen molar-refractivity contribution in [3.63, 3.8) is 0 Å². The van der Waals surface area contributed by atoms with Gasteiger partial charge in [0, 0.05) is 6.42 Å². The van der Waals surface area contributed by atoms with Crippen molar-refractivity contribution in [2.75, 3.05) is 13.2 Å². The Morgan fingerprint density at radius 2 is 2.19 bits per heavy atom. The summed E-state index contributed by atoms with van der Waals surface area (Å²) in [5.41, 5.74) is 6.43. The lowest BCUT2D eigenvalue weighted by atomic mass is 10.2. The second kappa shape index (κ2) is 6.74. The number of rotatable bonds is 6. The zero-order valence-corrected chi connectivity index (χ0v) is 10.2. The predicted octanol–water partition coefficient (Wildman–Crippen LogP) is 2.13. The van der Waals surface area contributed by atoms with E-state index in [-0.39, 0.29) is 0 Å². The third kappa shape index (κ3) is 4.39. The van der Waals surface area contributed by atoms with Gasteiger partial charge in [-0.15, -0.1) is 0 Å². The lowest BCUT2D eigenvalue weighted by molar-refractivity contribution is 0.133. The number of nitrogens with two attached hydrogens (primary N) is 1. The number of aryl methyl sites for hydroxylation is 1. The van der Waals surface area contributed by atoms with Gasteiger partial charge in [-0.3, -0.25) is 0 Å². The number of aliphatic hydroxyl groups is 1. The molecule has 1 atom stereocenters. The van der Waals surface area contributed by atoms with E-state index in [1.165, 1.54) is 0 Å². The van der Waals surface area contributed by atoms with Crippen LogP contribution in [0.15, 0.2) is 18.2 Å². The maximum Gasteiger partial charge on any atom is 0.138 e. The Balaban J connectivity index is 2.39. The molecule has 3 N–H and O–H groups in total. The SMILES string of the molecule is Cc1ccc(Cl)c(OCCC(O)CCN)c1. The quantitative estimate of drug-likeness (QED) is 0.805. The molecule has 0 aliphatic rings. The Morgan fingerprint density at radius 1 is 1.44 bits per heavy atom. The molecule has 0 heterocycles. The zero-order valence-electron chi connectivity index (χ0n) is 9.45. The fourth-order valence-electron chi connectivity index (χ4n) is 1.36. The van der Waals surface area contributed by atoms with E-state index in [0.717, 1.165) is 5.56 Å². The smallest absolute Gasteiger partial charge is 0.138 e. The fraction of sp³-hybridized carbons (Fsp3) is 0.500. The summed E-state index contributed by atoms with van der Waals surface area (Å²) in [5.74, 6) is 0.668. The van der Waals surface area contributed by atoms with Gasteiger partial charge in [0.1, 0.15) is 5.75 Å². The average Bonchev–Trinajstić information content (AvgIpc) is 2.23. The van der Waals surface area contributed by atoms with Crippen LogP contribution in [0, 0.1) is 6.92 Å². The molecule has 3 nitrogen and oxygen atoms in total. The second-order valence-electron chi connectivity index (χ2n) is 3.80. The first-order valence-corrected chi connectivity index (χ1v) is 5.78. The molecule has 1 aromatic rings. The van der Waals surface area contributed by atoms with Gasteiger partial charge in [0.15, 0.2) is 0 Å². The molecule has 0 radical (unpaired) electrons. The molecule has 0 aliphatic carbocycles. The highest BCUT2D eigenvalue weighted by molar-refractivity contribution is 6.32. The number of hydrogen-bond donors (Lipinski definition) is 2. The largest absolute Gasteiger partial charge is 0.492 e. The van der Waals surface area contributed by atoms with E-state index in [1.807, 2.05) is 25.1 Å². The van der Waals surface area contributed by atoms with Crippen LogP contribution in [0.4, 0.5) is 0 Å². The molecule has 0 bridgehead atoms. The van der Waals surface area contributed by atoms with E-state index in [0.29, 0.717) is 36.8 Å². The highest BCUT2D eigenvalue weighted by Crippen LogP contribution is 2.25. The molecule has 1 aromatic carbocycles. The molecule has 0 aliphatic heterocycles. The first kappa shape index (κ1) is 13.3. The molecule has 4 heteroatoms. The summed E-state index contributed by atoms with van der Waals surface area (Å²) in [4.78, 5) is 0.